The maximum absolute atomic E-state index is 2.58. The first-order chi connectivity index (χ1) is 10.8. The van der Waals surface area contributed by atoms with Gasteiger partial charge in [-0.3, -0.25) is 0 Å². The smallest absolute Gasteiger partial charge is 0.244 e. The van der Waals surface area contributed by atoms with Gasteiger partial charge in [0.15, 0.2) is 0 Å². The van der Waals surface area contributed by atoms with Crippen LogP contribution in [-0.4, -0.2) is 4.57 Å². The summed E-state index contributed by atoms with van der Waals surface area (Å²) in [6, 6.07) is 10.8. The number of halogens is 1. The third kappa shape index (κ3) is 2.67. The summed E-state index contributed by atoms with van der Waals surface area (Å²) in [7, 11) is 0. The van der Waals surface area contributed by atoms with Crippen LogP contribution in [0.25, 0.3) is 0 Å². The topological polar surface area (TPSA) is 8.81 Å². The highest BCUT2D eigenvalue weighted by atomic mass is 79.9. The van der Waals surface area contributed by atoms with Crippen LogP contribution in [0.15, 0.2) is 49.1 Å². The lowest BCUT2D eigenvalue weighted by Gasteiger charge is -2.54. The summed E-state index contributed by atoms with van der Waals surface area (Å²) in [5, 5.41) is 0. The minimum atomic E-state index is 0. The molecule has 122 valence electrons. The lowest BCUT2D eigenvalue weighted by Crippen LogP contribution is -3.00. The van der Waals surface area contributed by atoms with Gasteiger partial charge in [0.1, 0.15) is 24.5 Å². The summed E-state index contributed by atoms with van der Waals surface area (Å²) in [6.07, 6.45) is 15.8. The van der Waals surface area contributed by atoms with E-state index in [9.17, 15) is 0 Å². The van der Waals surface area contributed by atoms with Crippen LogP contribution < -0.4 is 21.5 Å². The Labute approximate surface area is 149 Å². The van der Waals surface area contributed by atoms with Gasteiger partial charge in [0.25, 0.3) is 0 Å². The molecule has 0 saturated heterocycles. The first-order valence-electron chi connectivity index (χ1n) is 8.91. The molecule has 1 aromatic heterocycles. The average molecular weight is 373 g/mol. The molecule has 2 aromatic rings. The SMILES string of the molecule is [Br-].c1ccc(C[n+]2ccn(C34CC5CC(CC(C5)C3)C4)c2)cc1. The minimum Gasteiger partial charge on any atom is -1.00 e. The predicted molar refractivity (Wildman–Crippen MR) is 86.3 cm³/mol. The molecule has 6 rings (SSSR count). The Hall–Kier alpha value is -1.09. The molecular formula is C20H25BrN2. The monoisotopic (exact) mass is 372 g/mol. The minimum absolute atomic E-state index is 0. The van der Waals surface area contributed by atoms with Gasteiger partial charge in [-0.15, -0.1) is 0 Å². The van der Waals surface area contributed by atoms with E-state index in [1.165, 1.54) is 44.1 Å². The van der Waals surface area contributed by atoms with E-state index in [1.54, 1.807) is 0 Å². The highest BCUT2D eigenvalue weighted by Gasteiger charge is 2.54. The van der Waals surface area contributed by atoms with E-state index in [2.05, 4.69) is 58.2 Å². The number of hydrogen-bond acceptors (Lipinski definition) is 0. The molecule has 0 aliphatic heterocycles. The second-order valence-corrected chi connectivity index (χ2v) is 8.12. The Balaban J connectivity index is 0.00000135. The predicted octanol–water partition coefficient (Wildman–Crippen LogP) is 0.753. The zero-order chi connectivity index (χ0) is 14.6. The van der Waals surface area contributed by atoms with Crippen molar-refractivity contribution in [3.8, 4) is 0 Å². The van der Waals surface area contributed by atoms with Crippen molar-refractivity contribution in [2.45, 2.75) is 50.6 Å². The van der Waals surface area contributed by atoms with E-state index in [0.717, 1.165) is 24.3 Å². The zero-order valence-corrected chi connectivity index (χ0v) is 15.2. The van der Waals surface area contributed by atoms with Crippen molar-refractivity contribution in [3.63, 3.8) is 0 Å². The maximum Gasteiger partial charge on any atom is 0.244 e. The van der Waals surface area contributed by atoms with Crippen LogP contribution in [-0.2, 0) is 12.1 Å². The van der Waals surface area contributed by atoms with Crippen molar-refractivity contribution in [2.24, 2.45) is 17.8 Å². The standard InChI is InChI=1S/C20H25N2.BrH/c1-2-4-16(5-3-1)14-21-6-7-22(15-21)20-11-17-8-18(12-20)10-19(9-17)13-20;/h1-7,15,17-19H,8-14H2;1H/q+1;/p-1. The summed E-state index contributed by atoms with van der Waals surface area (Å²) in [6.45, 7) is 0.986. The lowest BCUT2D eigenvalue weighted by atomic mass is 9.53. The molecule has 0 radical (unpaired) electrons. The summed E-state index contributed by atoms with van der Waals surface area (Å²) in [5.74, 6) is 3.03. The van der Waals surface area contributed by atoms with Crippen LogP contribution in [0.3, 0.4) is 0 Å². The summed E-state index contributed by atoms with van der Waals surface area (Å²) < 4.78 is 4.94. The van der Waals surface area contributed by atoms with Gasteiger partial charge in [0.05, 0.1) is 0 Å². The zero-order valence-electron chi connectivity index (χ0n) is 13.6. The number of rotatable bonds is 3. The first kappa shape index (κ1) is 15.4. The van der Waals surface area contributed by atoms with Crippen LogP contribution in [0.1, 0.15) is 44.1 Å². The summed E-state index contributed by atoms with van der Waals surface area (Å²) >= 11 is 0. The molecule has 4 fully saturated rings. The molecule has 4 bridgehead atoms. The molecule has 23 heavy (non-hydrogen) atoms. The fourth-order valence-electron chi connectivity index (χ4n) is 5.94. The lowest BCUT2D eigenvalue weighted by molar-refractivity contribution is -0.688. The third-order valence-electron chi connectivity index (χ3n) is 6.45. The van der Waals surface area contributed by atoms with Gasteiger partial charge in [0.2, 0.25) is 6.33 Å². The number of imidazole rings is 1. The van der Waals surface area contributed by atoms with Gasteiger partial charge in [-0.05, 0) is 61.8 Å². The second kappa shape index (κ2) is 5.77. The summed E-state index contributed by atoms with van der Waals surface area (Å²) in [5.41, 5.74) is 1.84. The summed E-state index contributed by atoms with van der Waals surface area (Å²) in [4.78, 5) is 0. The van der Waals surface area contributed by atoms with Gasteiger partial charge in [-0.25, -0.2) is 9.13 Å². The second-order valence-electron chi connectivity index (χ2n) is 8.12. The fourth-order valence-corrected chi connectivity index (χ4v) is 5.94. The molecule has 0 N–H and O–H groups in total. The number of hydrogen-bond donors (Lipinski definition) is 0. The first-order valence-corrected chi connectivity index (χ1v) is 8.91. The molecule has 0 spiro atoms. The van der Waals surface area contributed by atoms with E-state index in [-0.39, 0.29) is 17.0 Å². The number of benzene rings is 1. The van der Waals surface area contributed by atoms with Crippen molar-refractivity contribution >= 4 is 0 Å². The molecule has 3 heteroatoms. The van der Waals surface area contributed by atoms with Gasteiger partial charge >= 0.3 is 0 Å². The van der Waals surface area contributed by atoms with E-state index in [4.69, 9.17) is 0 Å². The molecule has 0 atom stereocenters. The van der Waals surface area contributed by atoms with Crippen molar-refractivity contribution in [3.05, 3.63) is 54.6 Å². The molecule has 2 nitrogen and oxygen atoms in total. The van der Waals surface area contributed by atoms with Crippen LogP contribution >= 0.6 is 0 Å². The quantitative estimate of drug-likeness (QED) is 0.703. The van der Waals surface area contributed by atoms with Crippen molar-refractivity contribution in [1.82, 2.24) is 4.57 Å². The molecule has 4 saturated carbocycles. The Morgan fingerprint density at radius 1 is 0.957 bits per heavy atom. The number of nitrogens with zero attached hydrogens (tertiary/aromatic N) is 2. The van der Waals surface area contributed by atoms with E-state index >= 15 is 0 Å². The van der Waals surface area contributed by atoms with Crippen LogP contribution in [0.4, 0.5) is 0 Å². The van der Waals surface area contributed by atoms with Crippen LogP contribution in [0.2, 0.25) is 0 Å². The Morgan fingerprint density at radius 2 is 1.57 bits per heavy atom. The van der Waals surface area contributed by atoms with Crippen molar-refractivity contribution in [2.75, 3.05) is 0 Å². The van der Waals surface area contributed by atoms with Gasteiger partial charge in [-0.1, -0.05) is 30.3 Å². The molecular weight excluding hydrogens is 348 g/mol. The number of aromatic nitrogens is 2. The normalized spacial score (nSPS) is 34.3. The Morgan fingerprint density at radius 3 is 2.17 bits per heavy atom. The molecule has 4 aliphatic carbocycles. The molecule has 1 heterocycles. The largest absolute Gasteiger partial charge is 1.00 e. The van der Waals surface area contributed by atoms with E-state index in [1.807, 2.05) is 0 Å². The highest BCUT2D eigenvalue weighted by Crippen LogP contribution is 2.58. The van der Waals surface area contributed by atoms with E-state index in [0.29, 0.717) is 5.54 Å². The molecule has 0 unspecified atom stereocenters. The molecule has 0 amide bonds. The van der Waals surface area contributed by atoms with Crippen molar-refractivity contribution in [1.29, 1.82) is 0 Å². The van der Waals surface area contributed by atoms with E-state index < -0.39 is 0 Å². The molecule has 1 aromatic carbocycles. The Bertz CT molecular complexity index is 641. The highest BCUT2D eigenvalue weighted by molar-refractivity contribution is 5.13. The van der Waals surface area contributed by atoms with Gasteiger partial charge in [0, 0.05) is 0 Å². The van der Waals surface area contributed by atoms with Gasteiger partial charge in [-0.2, -0.15) is 0 Å². The van der Waals surface area contributed by atoms with Crippen LogP contribution in [0, 0.1) is 17.8 Å². The average Bonchev–Trinajstić information content (AvgIpc) is 2.96. The third-order valence-corrected chi connectivity index (χ3v) is 6.45. The van der Waals surface area contributed by atoms with Gasteiger partial charge < -0.3 is 17.0 Å². The molecule has 4 aliphatic rings. The fraction of sp³-hybridized carbons (Fsp3) is 0.550. The Kier molecular flexibility index (Phi) is 3.87. The maximum atomic E-state index is 2.58. The van der Waals surface area contributed by atoms with Crippen molar-refractivity contribution < 1.29 is 21.5 Å². The van der Waals surface area contributed by atoms with Crippen LogP contribution in [0.5, 0.6) is 0 Å².